The normalized spacial score (nSPS) is 10.0. The van der Waals surface area contributed by atoms with Gasteiger partial charge in [-0.05, 0) is 30.3 Å². The van der Waals surface area contributed by atoms with Crippen LogP contribution in [0.25, 0.3) is 22.5 Å². The van der Waals surface area contributed by atoms with E-state index in [9.17, 15) is 5.26 Å². The zero-order valence-corrected chi connectivity index (χ0v) is 11.1. The molecule has 0 saturated heterocycles. The van der Waals surface area contributed by atoms with Gasteiger partial charge in [-0.3, -0.25) is 9.97 Å². The van der Waals surface area contributed by atoms with Crippen LogP contribution in [-0.4, -0.2) is 15.0 Å². The molecule has 5 nitrogen and oxygen atoms in total. The van der Waals surface area contributed by atoms with Crippen molar-refractivity contribution >= 4 is 5.82 Å². The Kier molecular flexibility index (Phi) is 3.27. The smallest absolute Gasteiger partial charge is 0.142 e. The number of rotatable bonds is 2. The summed E-state index contributed by atoms with van der Waals surface area (Å²) in [4.78, 5) is 12.6. The van der Waals surface area contributed by atoms with Crippen LogP contribution in [0.1, 0.15) is 5.56 Å². The minimum atomic E-state index is 0.201. The fraction of sp³-hybridized carbons (Fsp3) is 0. The first kappa shape index (κ1) is 12.8. The van der Waals surface area contributed by atoms with Crippen molar-refractivity contribution in [3.63, 3.8) is 0 Å². The van der Waals surface area contributed by atoms with Crippen LogP contribution in [0.5, 0.6) is 0 Å². The summed E-state index contributed by atoms with van der Waals surface area (Å²) in [5.74, 6) is 0.201. The zero-order chi connectivity index (χ0) is 14.7. The van der Waals surface area contributed by atoms with Gasteiger partial charge in [0.2, 0.25) is 0 Å². The molecule has 0 aliphatic rings. The lowest BCUT2D eigenvalue weighted by Gasteiger charge is -2.09. The van der Waals surface area contributed by atoms with Crippen LogP contribution in [0, 0.1) is 11.3 Å². The van der Waals surface area contributed by atoms with Gasteiger partial charge in [0.25, 0.3) is 0 Å². The Labute approximate surface area is 121 Å². The number of hydrogen-bond acceptors (Lipinski definition) is 5. The summed E-state index contributed by atoms with van der Waals surface area (Å²) < 4.78 is 0. The maximum absolute atomic E-state index is 9.31. The highest BCUT2D eigenvalue weighted by molar-refractivity contribution is 5.78. The lowest BCUT2D eigenvalue weighted by atomic mass is 10.0. The maximum Gasteiger partial charge on any atom is 0.142 e. The van der Waals surface area contributed by atoms with Crippen molar-refractivity contribution in [1.29, 1.82) is 5.26 Å². The van der Waals surface area contributed by atoms with Gasteiger partial charge in [-0.2, -0.15) is 5.26 Å². The Bertz CT molecular complexity index is 807. The summed E-state index contributed by atoms with van der Waals surface area (Å²) in [7, 11) is 0. The van der Waals surface area contributed by atoms with E-state index in [1.807, 2.05) is 36.4 Å². The van der Waals surface area contributed by atoms with Crippen molar-refractivity contribution in [3.8, 4) is 28.6 Å². The minimum absolute atomic E-state index is 0.201. The molecule has 0 spiro atoms. The third kappa shape index (κ3) is 2.42. The van der Waals surface area contributed by atoms with Gasteiger partial charge in [0, 0.05) is 29.7 Å². The molecule has 0 fully saturated rings. The fourth-order valence-electron chi connectivity index (χ4n) is 2.08. The number of hydrogen-bond donors (Lipinski definition) is 1. The van der Waals surface area contributed by atoms with Gasteiger partial charge in [-0.25, -0.2) is 4.98 Å². The van der Waals surface area contributed by atoms with Crippen molar-refractivity contribution in [3.05, 3.63) is 60.6 Å². The predicted molar refractivity (Wildman–Crippen MR) is 79.8 cm³/mol. The van der Waals surface area contributed by atoms with E-state index in [0.29, 0.717) is 22.5 Å². The summed E-state index contributed by atoms with van der Waals surface area (Å²) in [6.07, 6.45) is 5.05. The van der Waals surface area contributed by atoms with Gasteiger partial charge in [-0.1, -0.05) is 6.07 Å². The largest absolute Gasteiger partial charge is 0.383 e. The average molecular weight is 273 g/mol. The topological polar surface area (TPSA) is 88.5 Å². The number of aromatic nitrogens is 3. The van der Waals surface area contributed by atoms with Crippen molar-refractivity contribution in [2.75, 3.05) is 5.73 Å². The third-order valence-corrected chi connectivity index (χ3v) is 3.08. The molecule has 0 saturated carbocycles. The number of anilines is 1. The summed E-state index contributed by atoms with van der Waals surface area (Å²) in [6, 6.07) is 13.1. The molecule has 0 atom stereocenters. The first-order valence-corrected chi connectivity index (χ1v) is 6.32. The molecule has 0 bridgehead atoms. The van der Waals surface area contributed by atoms with Crippen molar-refractivity contribution in [1.82, 2.24) is 15.0 Å². The monoisotopic (exact) mass is 273 g/mol. The van der Waals surface area contributed by atoms with Gasteiger partial charge >= 0.3 is 0 Å². The second-order valence-corrected chi connectivity index (χ2v) is 4.38. The summed E-state index contributed by atoms with van der Waals surface area (Å²) in [6.45, 7) is 0. The van der Waals surface area contributed by atoms with E-state index in [-0.39, 0.29) is 5.82 Å². The van der Waals surface area contributed by atoms with E-state index in [4.69, 9.17) is 5.73 Å². The Morgan fingerprint density at radius 3 is 2.48 bits per heavy atom. The first-order valence-electron chi connectivity index (χ1n) is 6.32. The first-order chi connectivity index (χ1) is 10.3. The van der Waals surface area contributed by atoms with E-state index in [0.717, 1.165) is 5.56 Å². The molecule has 2 N–H and O–H groups in total. The van der Waals surface area contributed by atoms with Crippen LogP contribution in [0.15, 0.2) is 55.0 Å². The summed E-state index contributed by atoms with van der Waals surface area (Å²) in [5, 5.41) is 9.31. The Morgan fingerprint density at radius 1 is 1.00 bits per heavy atom. The molecule has 5 heteroatoms. The molecule has 0 aliphatic heterocycles. The van der Waals surface area contributed by atoms with Crippen LogP contribution in [0.3, 0.4) is 0 Å². The standard InChI is InChI=1S/C16H11N5/c17-10-13-12(14-3-1-2-6-20-14)9-15(21-16(13)18)11-4-7-19-8-5-11/h1-9H,(H2,18,21). The van der Waals surface area contributed by atoms with E-state index < -0.39 is 0 Å². The third-order valence-electron chi connectivity index (χ3n) is 3.08. The summed E-state index contributed by atoms with van der Waals surface area (Å²) in [5.41, 5.74) is 9.22. The van der Waals surface area contributed by atoms with E-state index in [1.54, 1.807) is 18.6 Å². The molecule has 3 heterocycles. The molecule has 21 heavy (non-hydrogen) atoms. The molecule has 0 unspecified atom stereocenters. The van der Waals surface area contributed by atoms with Crippen LogP contribution in [0.4, 0.5) is 5.82 Å². The van der Waals surface area contributed by atoms with Gasteiger partial charge < -0.3 is 5.73 Å². The predicted octanol–water partition coefficient (Wildman–Crippen LogP) is 2.66. The summed E-state index contributed by atoms with van der Waals surface area (Å²) >= 11 is 0. The number of pyridine rings is 3. The zero-order valence-electron chi connectivity index (χ0n) is 11.1. The van der Waals surface area contributed by atoms with E-state index in [1.165, 1.54) is 0 Å². The molecular weight excluding hydrogens is 262 g/mol. The second kappa shape index (κ2) is 5.39. The molecule has 0 aromatic carbocycles. The van der Waals surface area contributed by atoms with Crippen LogP contribution in [0.2, 0.25) is 0 Å². The molecule has 100 valence electrons. The van der Waals surface area contributed by atoms with Gasteiger partial charge in [0.05, 0.1) is 11.4 Å². The SMILES string of the molecule is N#Cc1c(-c2ccccn2)cc(-c2ccncc2)nc1N. The quantitative estimate of drug-likeness (QED) is 0.775. The van der Waals surface area contributed by atoms with Crippen LogP contribution in [-0.2, 0) is 0 Å². The van der Waals surface area contributed by atoms with Crippen molar-refractivity contribution in [2.45, 2.75) is 0 Å². The average Bonchev–Trinajstić information content (AvgIpc) is 2.55. The number of nitriles is 1. The molecule has 3 aromatic rings. The molecular formula is C16H11N5. The number of nitrogens with two attached hydrogens (primary N) is 1. The van der Waals surface area contributed by atoms with Crippen molar-refractivity contribution < 1.29 is 0 Å². The van der Waals surface area contributed by atoms with Gasteiger partial charge in [0.15, 0.2) is 0 Å². The lowest BCUT2D eigenvalue weighted by Crippen LogP contribution is -2.00. The van der Waals surface area contributed by atoms with E-state index in [2.05, 4.69) is 21.0 Å². The Balaban J connectivity index is 2.24. The highest BCUT2D eigenvalue weighted by atomic mass is 14.9. The second-order valence-electron chi connectivity index (χ2n) is 4.38. The highest BCUT2D eigenvalue weighted by Crippen LogP contribution is 2.29. The minimum Gasteiger partial charge on any atom is -0.383 e. The Hall–Kier alpha value is -3.26. The molecule has 0 aliphatic carbocycles. The molecule has 3 rings (SSSR count). The van der Waals surface area contributed by atoms with Crippen LogP contribution >= 0.6 is 0 Å². The van der Waals surface area contributed by atoms with Gasteiger partial charge in [0.1, 0.15) is 17.5 Å². The molecule has 0 amide bonds. The van der Waals surface area contributed by atoms with Gasteiger partial charge in [-0.15, -0.1) is 0 Å². The Morgan fingerprint density at radius 2 is 1.81 bits per heavy atom. The molecule has 0 radical (unpaired) electrons. The maximum atomic E-state index is 9.31. The number of nitrogen functional groups attached to an aromatic ring is 1. The molecule has 3 aromatic heterocycles. The van der Waals surface area contributed by atoms with Crippen LogP contribution < -0.4 is 5.73 Å². The highest BCUT2D eigenvalue weighted by Gasteiger charge is 2.13. The fourth-order valence-corrected chi connectivity index (χ4v) is 2.08. The number of nitrogens with zero attached hydrogens (tertiary/aromatic N) is 4. The lowest BCUT2D eigenvalue weighted by molar-refractivity contribution is 1.26. The van der Waals surface area contributed by atoms with E-state index >= 15 is 0 Å². The van der Waals surface area contributed by atoms with Crippen molar-refractivity contribution in [2.24, 2.45) is 0 Å².